The van der Waals surface area contributed by atoms with E-state index >= 15 is 0 Å². The molecule has 10 heteroatoms. The lowest BCUT2D eigenvalue weighted by Gasteiger charge is -2.28. The fraction of sp³-hybridized carbons (Fsp3) is 0.448. The molecule has 206 valence electrons. The molecule has 0 radical (unpaired) electrons. The second kappa shape index (κ2) is 11.6. The predicted molar refractivity (Wildman–Crippen MR) is 152 cm³/mol. The third-order valence-corrected chi connectivity index (χ3v) is 9.29. The van der Waals surface area contributed by atoms with Crippen molar-refractivity contribution in [1.82, 2.24) is 20.1 Å². The predicted octanol–water partition coefficient (Wildman–Crippen LogP) is 4.15. The molecule has 1 aromatic carbocycles. The molecule has 3 heterocycles. The molecule has 0 bridgehead atoms. The number of nitrogens with one attached hydrogen (secondary N) is 1. The lowest BCUT2D eigenvalue weighted by Crippen LogP contribution is -2.40. The van der Waals surface area contributed by atoms with Crippen molar-refractivity contribution < 1.29 is 14.6 Å². The zero-order chi connectivity index (χ0) is 27.3. The topological polar surface area (TPSA) is 121 Å². The third-order valence-electron chi connectivity index (χ3n) is 7.68. The molecular weight excluding hydrogens is 512 g/mol. The van der Waals surface area contributed by atoms with Crippen molar-refractivity contribution in [2.45, 2.75) is 50.5 Å². The van der Waals surface area contributed by atoms with Crippen LogP contribution in [0.25, 0.3) is 16.9 Å². The molecule has 3 aromatic rings. The van der Waals surface area contributed by atoms with Crippen molar-refractivity contribution in [3.05, 3.63) is 61.1 Å². The monoisotopic (exact) mass is 548 g/mol. The first-order valence-electron chi connectivity index (χ1n) is 13.6. The maximum atomic E-state index is 11.8. The lowest BCUT2D eigenvalue weighted by atomic mass is 9.88. The van der Waals surface area contributed by atoms with Gasteiger partial charge in [-0.25, -0.2) is 18.1 Å². The van der Waals surface area contributed by atoms with E-state index in [-0.39, 0.29) is 24.8 Å². The minimum absolute atomic E-state index is 0. The van der Waals surface area contributed by atoms with Gasteiger partial charge in [0.05, 0.1) is 23.8 Å². The second-order valence-electron chi connectivity index (χ2n) is 10.6. The Kier molecular flexibility index (Phi) is 7.98. The highest BCUT2D eigenvalue weighted by Gasteiger charge is 2.45. The van der Waals surface area contributed by atoms with E-state index in [0.717, 1.165) is 61.2 Å². The quantitative estimate of drug-likeness (QED) is 0.508. The molecule has 1 amide bonds. The van der Waals surface area contributed by atoms with Crippen molar-refractivity contribution in [2.75, 3.05) is 29.5 Å². The molecule has 1 aliphatic heterocycles. The Morgan fingerprint density at radius 1 is 1.03 bits per heavy atom. The van der Waals surface area contributed by atoms with Crippen LogP contribution in [0.2, 0.25) is 0 Å². The van der Waals surface area contributed by atoms with Gasteiger partial charge in [-0.05, 0) is 55.5 Å². The highest BCUT2D eigenvalue weighted by molar-refractivity contribution is 7.91. The van der Waals surface area contributed by atoms with Gasteiger partial charge >= 0.3 is 0 Å². The molecular formula is C29H36N6O3S. The van der Waals surface area contributed by atoms with Gasteiger partial charge in [-0.2, -0.15) is 10.4 Å². The van der Waals surface area contributed by atoms with Crippen LogP contribution >= 0.6 is 0 Å². The highest BCUT2D eigenvalue weighted by atomic mass is 32.2. The number of nitrogens with zero attached hydrogens (tertiary/aromatic N) is 5. The molecule has 0 spiro atoms. The lowest BCUT2D eigenvalue weighted by molar-refractivity contribution is -0.126. The van der Waals surface area contributed by atoms with Crippen LogP contribution in [0.3, 0.4) is 0 Å². The molecule has 3 fully saturated rings. The van der Waals surface area contributed by atoms with Crippen LogP contribution in [0.1, 0.15) is 46.4 Å². The van der Waals surface area contributed by atoms with Crippen molar-refractivity contribution >= 4 is 21.4 Å². The maximum Gasteiger partial charge on any atom is 0.224 e. The first kappa shape index (κ1) is 26.9. The number of carbonyl (C=O) groups is 1. The number of anilines is 1. The Morgan fingerprint density at radius 2 is 1.74 bits per heavy atom. The molecule has 6 rings (SSSR count). The number of hydrogen-bond acceptors (Lipinski definition) is 7. The number of nitriles is 1. The van der Waals surface area contributed by atoms with Gasteiger partial charge in [0.2, 0.25) is 5.91 Å². The van der Waals surface area contributed by atoms with Gasteiger partial charge in [0.1, 0.15) is 5.54 Å². The molecule has 9 nitrogen and oxygen atoms in total. The Hall–Kier alpha value is -3.71. The minimum Gasteiger partial charge on any atom is -0.369 e. The molecule has 2 aromatic heterocycles. The first-order chi connectivity index (χ1) is 18.9. The van der Waals surface area contributed by atoms with Crippen LogP contribution < -0.4 is 10.2 Å². The van der Waals surface area contributed by atoms with Gasteiger partial charge in [-0.15, -0.1) is 0 Å². The van der Waals surface area contributed by atoms with Gasteiger partial charge in [0, 0.05) is 44.1 Å². The third kappa shape index (κ3) is 6.84. The van der Waals surface area contributed by atoms with Crippen LogP contribution in [-0.4, -0.2) is 59.2 Å². The number of aromatic nitrogens is 3. The fourth-order valence-corrected chi connectivity index (χ4v) is 6.22. The Bertz CT molecular complexity index is 1410. The number of carbonyl (C=O) groups excluding carboxylic acids is 1. The molecule has 3 aliphatic rings. The van der Waals surface area contributed by atoms with Gasteiger partial charge in [0.25, 0.3) is 0 Å². The van der Waals surface area contributed by atoms with E-state index in [2.05, 4.69) is 26.4 Å². The van der Waals surface area contributed by atoms with E-state index in [4.69, 9.17) is 5.26 Å². The Morgan fingerprint density at radius 3 is 2.36 bits per heavy atom. The summed E-state index contributed by atoms with van der Waals surface area (Å²) in [5.41, 5.74) is 2.65. The normalized spacial score (nSPS) is 19.7. The molecule has 0 atom stereocenters. The highest BCUT2D eigenvalue weighted by Crippen LogP contribution is 2.35. The van der Waals surface area contributed by atoms with Gasteiger partial charge in [-0.3, -0.25) is 4.79 Å². The SMILES string of the molecule is N#CC1(NC(=O)C2CCCCC2)CC1.O=S1(=O)CCN(c2ccc(-c3cnn(-c4ccccn4)c3)cc2)CC1.[HH]. The number of pyridine rings is 1. The molecule has 0 unspecified atom stereocenters. The second-order valence-corrected chi connectivity index (χ2v) is 12.9. The van der Waals surface area contributed by atoms with Gasteiger partial charge in [0.15, 0.2) is 15.7 Å². The van der Waals surface area contributed by atoms with Crippen LogP contribution in [0, 0.1) is 17.2 Å². The maximum absolute atomic E-state index is 11.8. The van der Waals surface area contributed by atoms with Crippen molar-refractivity contribution in [3.8, 4) is 23.0 Å². The van der Waals surface area contributed by atoms with Crippen molar-refractivity contribution in [3.63, 3.8) is 0 Å². The van der Waals surface area contributed by atoms with E-state index in [9.17, 15) is 13.2 Å². The minimum atomic E-state index is -2.86. The number of benzene rings is 1. The fourth-order valence-electron chi connectivity index (χ4n) is 5.01. The summed E-state index contributed by atoms with van der Waals surface area (Å²) >= 11 is 0. The molecule has 2 saturated carbocycles. The zero-order valence-electron chi connectivity index (χ0n) is 22.0. The molecule has 2 aliphatic carbocycles. The average Bonchev–Trinajstić information content (AvgIpc) is 3.57. The van der Waals surface area contributed by atoms with Crippen LogP contribution in [0.4, 0.5) is 5.69 Å². The number of hydrogen-bond donors (Lipinski definition) is 1. The van der Waals surface area contributed by atoms with E-state index in [1.165, 1.54) is 6.42 Å². The Balaban J connectivity index is 0.000000210. The van der Waals surface area contributed by atoms with Crippen molar-refractivity contribution in [2.24, 2.45) is 5.92 Å². The number of amides is 1. The largest absolute Gasteiger partial charge is 0.369 e. The van der Waals surface area contributed by atoms with Gasteiger partial charge < -0.3 is 10.2 Å². The number of sulfone groups is 1. The smallest absolute Gasteiger partial charge is 0.224 e. The van der Waals surface area contributed by atoms with Crippen molar-refractivity contribution in [1.29, 1.82) is 5.26 Å². The summed E-state index contributed by atoms with van der Waals surface area (Å²) in [5, 5.41) is 16.1. The summed E-state index contributed by atoms with van der Waals surface area (Å²) in [6, 6.07) is 16.0. The summed E-state index contributed by atoms with van der Waals surface area (Å²) < 4.78 is 24.8. The molecule has 1 N–H and O–H groups in total. The van der Waals surface area contributed by atoms with E-state index in [0.29, 0.717) is 13.1 Å². The van der Waals surface area contributed by atoms with E-state index < -0.39 is 15.4 Å². The first-order valence-corrected chi connectivity index (χ1v) is 15.4. The average molecular weight is 549 g/mol. The Labute approximate surface area is 231 Å². The van der Waals surface area contributed by atoms with E-state index in [1.54, 1.807) is 10.9 Å². The summed E-state index contributed by atoms with van der Waals surface area (Å²) in [5.74, 6) is 1.52. The molecule has 1 saturated heterocycles. The summed E-state index contributed by atoms with van der Waals surface area (Å²) in [6.07, 6.45) is 12.8. The standard InChI is InChI=1S/C18H18N4O2S.C11H16N2O.H2/c23-25(24)11-9-21(10-12-25)17-6-4-15(5-7-17)16-13-20-22(14-16)18-3-1-2-8-19-18;12-8-11(6-7-11)13-10(14)9-4-2-1-3-5-9;/h1-8,13-14H,9-12H2;9H,1-7H2,(H,13,14);1H. The van der Waals surface area contributed by atoms with Crippen LogP contribution in [0.15, 0.2) is 61.1 Å². The number of rotatable bonds is 5. The van der Waals surface area contributed by atoms with Crippen LogP contribution in [-0.2, 0) is 14.6 Å². The molecule has 39 heavy (non-hydrogen) atoms. The van der Waals surface area contributed by atoms with Crippen LogP contribution in [0.5, 0.6) is 0 Å². The summed E-state index contributed by atoms with van der Waals surface area (Å²) in [6.45, 7) is 1.11. The summed E-state index contributed by atoms with van der Waals surface area (Å²) in [4.78, 5) is 18.2. The summed E-state index contributed by atoms with van der Waals surface area (Å²) in [7, 11) is -2.86. The van der Waals surface area contributed by atoms with Gasteiger partial charge in [-0.1, -0.05) is 37.5 Å². The van der Waals surface area contributed by atoms with E-state index in [1.807, 2.05) is 54.9 Å². The zero-order valence-corrected chi connectivity index (χ0v) is 22.8.